The first kappa shape index (κ1) is 21.9. The van der Waals surface area contributed by atoms with Crippen LogP contribution in [0.2, 0.25) is 0 Å². The third kappa shape index (κ3) is 6.34. The van der Waals surface area contributed by atoms with Crippen molar-refractivity contribution in [1.82, 2.24) is 0 Å². The molecule has 0 unspecified atom stereocenters. The van der Waals surface area contributed by atoms with Gasteiger partial charge in [-0.2, -0.15) is 0 Å². The van der Waals surface area contributed by atoms with Gasteiger partial charge in [0, 0.05) is 25.6 Å². The molecule has 2 aromatic rings. The van der Waals surface area contributed by atoms with E-state index in [1.165, 1.54) is 11.8 Å². The van der Waals surface area contributed by atoms with Crippen molar-refractivity contribution in [3.63, 3.8) is 0 Å². The molecule has 2 aromatic carbocycles. The van der Waals surface area contributed by atoms with Crippen molar-refractivity contribution in [3.8, 4) is 5.75 Å². The fourth-order valence-corrected chi connectivity index (χ4v) is 2.75. The van der Waals surface area contributed by atoms with Gasteiger partial charge in [-0.25, -0.2) is 4.79 Å². The van der Waals surface area contributed by atoms with Crippen molar-refractivity contribution in [2.45, 2.75) is 27.2 Å². The molecule has 0 fully saturated rings. The molecular formula is C22H26N2O5. The first-order valence-electron chi connectivity index (χ1n) is 9.53. The number of para-hydroxylation sites is 2. The van der Waals surface area contributed by atoms with Crippen molar-refractivity contribution >= 4 is 29.2 Å². The predicted octanol–water partition coefficient (Wildman–Crippen LogP) is 3.64. The van der Waals surface area contributed by atoms with Gasteiger partial charge in [0.1, 0.15) is 5.75 Å². The zero-order chi connectivity index (χ0) is 21.2. The third-order valence-electron chi connectivity index (χ3n) is 4.08. The van der Waals surface area contributed by atoms with Crippen LogP contribution in [-0.4, -0.2) is 37.5 Å². The van der Waals surface area contributed by atoms with E-state index >= 15 is 0 Å². The van der Waals surface area contributed by atoms with Gasteiger partial charge < -0.3 is 19.7 Å². The number of anilines is 2. The third-order valence-corrected chi connectivity index (χ3v) is 4.08. The SMILES string of the molecule is CCOC(=O)c1ccc(NC(=O)CCN(C(C)=O)c2ccccc2OCC)cc1. The summed E-state index contributed by atoms with van der Waals surface area (Å²) in [6.45, 7) is 6.06. The number of esters is 1. The maximum Gasteiger partial charge on any atom is 0.338 e. The summed E-state index contributed by atoms with van der Waals surface area (Å²) in [4.78, 5) is 37.6. The van der Waals surface area contributed by atoms with Crippen LogP contribution in [-0.2, 0) is 14.3 Å². The Morgan fingerprint density at radius 3 is 2.28 bits per heavy atom. The van der Waals surface area contributed by atoms with Crippen LogP contribution in [0.4, 0.5) is 11.4 Å². The summed E-state index contributed by atoms with van der Waals surface area (Å²) >= 11 is 0. The number of rotatable bonds is 9. The van der Waals surface area contributed by atoms with E-state index in [1.807, 2.05) is 19.1 Å². The molecule has 0 saturated heterocycles. The van der Waals surface area contributed by atoms with Crippen LogP contribution < -0.4 is 15.0 Å². The summed E-state index contributed by atoms with van der Waals surface area (Å²) in [5.74, 6) is -0.228. The van der Waals surface area contributed by atoms with Gasteiger partial charge in [0.25, 0.3) is 0 Å². The number of carbonyl (C=O) groups excluding carboxylic acids is 3. The maximum atomic E-state index is 12.3. The molecule has 0 atom stereocenters. The molecule has 0 spiro atoms. The minimum absolute atomic E-state index is 0.111. The van der Waals surface area contributed by atoms with Crippen molar-refractivity contribution < 1.29 is 23.9 Å². The lowest BCUT2D eigenvalue weighted by Gasteiger charge is -2.23. The average Bonchev–Trinajstić information content (AvgIpc) is 2.70. The molecule has 0 bridgehead atoms. The quantitative estimate of drug-likeness (QED) is 0.652. The number of hydrogen-bond donors (Lipinski definition) is 1. The highest BCUT2D eigenvalue weighted by molar-refractivity contribution is 5.96. The van der Waals surface area contributed by atoms with Crippen LogP contribution in [0, 0.1) is 0 Å². The molecule has 0 aliphatic rings. The van der Waals surface area contributed by atoms with E-state index in [9.17, 15) is 14.4 Å². The number of amides is 2. The van der Waals surface area contributed by atoms with E-state index in [2.05, 4.69) is 5.32 Å². The van der Waals surface area contributed by atoms with E-state index in [0.717, 1.165) is 0 Å². The second-order valence-electron chi connectivity index (χ2n) is 6.17. The summed E-state index contributed by atoms with van der Waals surface area (Å²) < 4.78 is 10.5. The zero-order valence-electron chi connectivity index (χ0n) is 16.9. The monoisotopic (exact) mass is 398 g/mol. The van der Waals surface area contributed by atoms with E-state index in [0.29, 0.717) is 35.9 Å². The lowest BCUT2D eigenvalue weighted by Crippen LogP contribution is -2.32. The molecule has 29 heavy (non-hydrogen) atoms. The lowest BCUT2D eigenvalue weighted by molar-refractivity contribution is -0.117. The van der Waals surface area contributed by atoms with Crippen LogP contribution in [0.3, 0.4) is 0 Å². The van der Waals surface area contributed by atoms with Crippen molar-refractivity contribution in [2.24, 2.45) is 0 Å². The Morgan fingerprint density at radius 2 is 1.66 bits per heavy atom. The number of nitrogens with zero attached hydrogens (tertiary/aromatic N) is 1. The van der Waals surface area contributed by atoms with E-state index in [-0.39, 0.29) is 24.8 Å². The second-order valence-corrected chi connectivity index (χ2v) is 6.17. The number of ether oxygens (including phenoxy) is 2. The highest BCUT2D eigenvalue weighted by Crippen LogP contribution is 2.28. The van der Waals surface area contributed by atoms with E-state index in [1.54, 1.807) is 43.3 Å². The van der Waals surface area contributed by atoms with Gasteiger partial charge in [-0.15, -0.1) is 0 Å². The standard InChI is InChI=1S/C22H26N2O5/c1-4-28-20-9-7-6-8-19(20)24(16(3)25)15-14-21(26)23-18-12-10-17(11-13-18)22(27)29-5-2/h6-13H,4-5,14-15H2,1-3H3,(H,23,26). The molecule has 2 amide bonds. The molecule has 7 heteroatoms. The summed E-state index contributed by atoms with van der Waals surface area (Å²) in [6, 6.07) is 13.7. The van der Waals surface area contributed by atoms with Crippen LogP contribution >= 0.6 is 0 Å². The summed E-state index contributed by atoms with van der Waals surface area (Å²) in [7, 11) is 0. The smallest absolute Gasteiger partial charge is 0.338 e. The minimum atomic E-state index is -0.407. The van der Waals surface area contributed by atoms with Crippen molar-refractivity contribution in [3.05, 3.63) is 54.1 Å². The summed E-state index contributed by atoms with van der Waals surface area (Å²) in [5, 5.41) is 2.77. The minimum Gasteiger partial charge on any atom is -0.492 e. The topological polar surface area (TPSA) is 84.9 Å². The van der Waals surface area contributed by atoms with Crippen LogP contribution in [0.5, 0.6) is 5.75 Å². The maximum absolute atomic E-state index is 12.3. The molecule has 154 valence electrons. The molecule has 0 aromatic heterocycles. The summed E-state index contributed by atoms with van der Waals surface area (Å²) in [5.41, 5.74) is 1.61. The van der Waals surface area contributed by atoms with Crippen molar-refractivity contribution in [2.75, 3.05) is 30.0 Å². The van der Waals surface area contributed by atoms with Crippen LogP contribution in [0.15, 0.2) is 48.5 Å². The Morgan fingerprint density at radius 1 is 0.966 bits per heavy atom. The Bertz CT molecular complexity index is 849. The molecule has 0 saturated carbocycles. The van der Waals surface area contributed by atoms with E-state index in [4.69, 9.17) is 9.47 Å². The van der Waals surface area contributed by atoms with Gasteiger partial charge >= 0.3 is 5.97 Å². The van der Waals surface area contributed by atoms with E-state index < -0.39 is 5.97 Å². The second kappa shape index (κ2) is 10.8. The predicted molar refractivity (Wildman–Crippen MR) is 111 cm³/mol. The molecular weight excluding hydrogens is 372 g/mol. The average molecular weight is 398 g/mol. The molecule has 0 radical (unpaired) electrons. The van der Waals surface area contributed by atoms with Crippen LogP contribution in [0.1, 0.15) is 37.6 Å². The molecule has 1 N–H and O–H groups in total. The fraction of sp³-hybridized carbons (Fsp3) is 0.318. The Labute approximate surface area is 170 Å². The summed E-state index contributed by atoms with van der Waals surface area (Å²) in [6.07, 6.45) is 0.111. The normalized spacial score (nSPS) is 10.2. The molecule has 7 nitrogen and oxygen atoms in total. The van der Waals surface area contributed by atoms with Crippen molar-refractivity contribution in [1.29, 1.82) is 0 Å². The van der Waals surface area contributed by atoms with Gasteiger partial charge in [0.15, 0.2) is 0 Å². The highest BCUT2D eigenvalue weighted by atomic mass is 16.5. The Balaban J connectivity index is 1.99. The van der Waals surface area contributed by atoms with Gasteiger partial charge in [-0.05, 0) is 50.2 Å². The molecule has 0 aliphatic heterocycles. The molecule has 0 heterocycles. The van der Waals surface area contributed by atoms with Gasteiger partial charge in [-0.3, -0.25) is 9.59 Å². The molecule has 0 aliphatic carbocycles. The number of nitrogens with one attached hydrogen (secondary N) is 1. The van der Waals surface area contributed by atoms with Gasteiger partial charge in [-0.1, -0.05) is 12.1 Å². The Hall–Kier alpha value is -3.35. The number of carbonyl (C=O) groups is 3. The van der Waals surface area contributed by atoms with Gasteiger partial charge in [0.05, 0.1) is 24.5 Å². The Kier molecular flexibility index (Phi) is 8.21. The van der Waals surface area contributed by atoms with Gasteiger partial charge in [0.2, 0.25) is 11.8 Å². The molecule has 2 rings (SSSR count). The fourth-order valence-electron chi connectivity index (χ4n) is 2.75. The first-order valence-corrected chi connectivity index (χ1v) is 9.53. The highest BCUT2D eigenvalue weighted by Gasteiger charge is 2.17. The first-order chi connectivity index (χ1) is 14.0. The number of hydrogen-bond acceptors (Lipinski definition) is 5. The number of benzene rings is 2. The largest absolute Gasteiger partial charge is 0.492 e. The lowest BCUT2D eigenvalue weighted by atomic mass is 10.2. The van der Waals surface area contributed by atoms with Crippen LogP contribution in [0.25, 0.3) is 0 Å². The zero-order valence-corrected chi connectivity index (χ0v) is 16.9.